The van der Waals surface area contributed by atoms with Gasteiger partial charge in [-0.1, -0.05) is 36.4 Å². The maximum absolute atomic E-state index is 11.6. The highest BCUT2D eigenvalue weighted by Gasteiger charge is 2.11. The molecular formula is C18H20O5. The number of aliphatic hydroxyl groups excluding tert-OH is 1. The third-order valence-corrected chi connectivity index (χ3v) is 3.06. The first-order valence-corrected chi connectivity index (χ1v) is 7.35. The van der Waals surface area contributed by atoms with Crippen LogP contribution in [0.1, 0.15) is 5.56 Å². The van der Waals surface area contributed by atoms with Crippen molar-refractivity contribution in [2.24, 2.45) is 0 Å². The smallest absolute Gasteiger partial charge is 0.344 e. The molecule has 0 radical (unpaired) electrons. The zero-order valence-corrected chi connectivity index (χ0v) is 13.0. The van der Waals surface area contributed by atoms with Crippen LogP contribution >= 0.6 is 0 Å². The number of ether oxygens (including phenoxy) is 3. The molecule has 0 aliphatic heterocycles. The van der Waals surface area contributed by atoms with Gasteiger partial charge in [0.05, 0.1) is 0 Å². The summed E-state index contributed by atoms with van der Waals surface area (Å²) in [6, 6.07) is 16.5. The molecule has 0 saturated carbocycles. The quantitative estimate of drug-likeness (QED) is 0.757. The lowest BCUT2D eigenvalue weighted by Gasteiger charge is -2.14. The predicted octanol–water partition coefficient (Wildman–Crippen LogP) is 2.36. The van der Waals surface area contributed by atoms with E-state index in [2.05, 4.69) is 0 Å². The summed E-state index contributed by atoms with van der Waals surface area (Å²) in [6.07, 6.45) is -0.893. The van der Waals surface area contributed by atoms with Gasteiger partial charge in [-0.05, 0) is 30.7 Å². The van der Waals surface area contributed by atoms with Gasteiger partial charge in [0.2, 0.25) is 0 Å². The molecule has 0 heterocycles. The number of carbonyl (C=O) groups is 1. The number of aliphatic hydroxyl groups is 1. The fourth-order valence-electron chi connectivity index (χ4n) is 1.84. The summed E-state index contributed by atoms with van der Waals surface area (Å²) in [4.78, 5) is 11.6. The fraction of sp³-hybridized carbons (Fsp3) is 0.278. The zero-order chi connectivity index (χ0) is 16.5. The van der Waals surface area contributed by atoms with E-state index in [9.17, 15) is 9.90 Å². The average molecular weight is 316 g/mol. The van der Waals surface area contributed by atoms with Crippen molar-refractivity contribution >= 4 is 5.97 Å². The summed E-state index contributed by atoms with van der Waals surface area (Å²) < 4.78 is 15.7. The van der Waals surface area contributed by atoms with Crippen LogP contribution < -0.4 is 9.47 Å². The Hall–Kier alpha value is -2.53. The standard InChI is InChI=1S/C18H20O5/c1-14-7-5-6-10-17(14)22-11-15(19)12-23-18(20)13-21-16-8-3-2-4-9-16/h2-10,15,19H,11-13H2,1H3. The van der Waals surface area contributed by atoms with Crippen LogP contribution in [0.15, 0.2) is 54.6 Å². The maximum Gasteiger partial charge on any atom is 0.344 e. The van der Waals surface area contributed by atoms with Gasteiger partial charge in [0.25, 0.3) is 0 Å². The largest absolute Gasteiger partial charge is 0.490 e. The van der Waals surface area contributed by atoms with Crippen molar-refractivity contribution in [3.05, 3.63) is 60.2 Å². The van der Waals surface area contributed by atoms with Crippen molar-refractivity contribution in [1.82, 2.24) is 0 Å². The molecule has 0 aliphatic carbocycles. The summed E-state index contributed by atoms with van der Waals surface area (Å²) in [6.45, 7) is 1.64. The summed E-state index contributed by atoms with van der Waals surface area (Å²) in [5.41, 5.74) is 0.980. The first-order chi connectivity index (χ1) is 11.1. The van der Waals surface area contributed by atoms with Gasteiger partial charge in [-0.25, -0.2) is 4.79 Å². The molecule has 0 spiro atoms. The molecule has 0 aromatic heterocycles. The molecule has 122 valence electrons. The lowest BCUT2D eigenvalue weighted by Crippen LogP contribution is -2.27. The number of hydrogen-bond donors (Lipinski definition) is 1. The third kappa shape index (κ3) is 6.00. The molecule has 0 amide bonds. The number of rotatable bonds is 8. The first kappa shape index (κ1) is 16.8. The molecule has 1 unspecified atom stereocenters. The SMILES string of the molecule is Cc1ccccc1OCC(O)COC(=O)COc1ccccc1. The monoisotopic (exact) mass is 316 g/mol. The highest BCUT2D eigenvalue weighted by molar-refractivity contribution is 5.71. The molecule has 0 saturated heterocycles. The van der Waals surface area contributed by atoms with Crippen LogP contribution in [0.3, 0.4) is 0 Å². The Bertz CT molecular complexity index is 612. The van der Waals surface area contributed by atoms with Crippen molar-refractivity contribution in [3.63, 3.8) is 0 Å². The van der Waals surface area contributed by atoms with E-state index in [0.717, 1.165) is 5.56 Å². The summed E-state index contributed by atoms with van der Waals surface area (Å²) in [5.74, 6) is 0.752. The summed E-state index contributed by atoms with van der Waals surface area (Å²) in [7, 11) is 0. The number of para-hydroxylation sites is 2. The van der Waals surface area contributed by atoms with E-state index in [1.54, 1.807) is 12.1 Å². The number of hydrogen-bond acceptors (Lipinski definition) is 5. The van der Waals surface area contributed by atoms with E-state index >= 15 is 0 Å². The Balaban J connectivity index is 1.65. The van der Waals surface area contributed by atoms with Crippen molar-refractivity contribution in [1.29, 1.82) is 0 Å². The zero-order valence-electron chi connectivity index (χ0n) is 13.0. The first-order valence-electron chi connectivity index (χ1n) is 7.35. The Labute approximate surface area is 135 Å². The van der Waals surface area contributed by atoms with Gasteiger partial charge in [-0.15, -0.1) is 0 Å². The summed E-state index contributed by atoms with van der Waals surface area (Å²) >= 11 is 0. The molecule has 2 aromatic carbocycles. The predicted molar refractivity (Wildman–Crippen MR) is 85.6 cm³/mol. The number of aryl methyl sites for hydroxylation is 1. The van der Waals surface area contributed by atoms with Gasteiger partial charge in [0.1, 0.15) is 30.8 Å². The van der Waals surface area contributed by atoms with Gasteiger partial charge >= 0.3 is 5.97 Å². The molecule has 2 rings (SSSR count). The van der Waals surface area contributed by atoms with E-state index < -0.39 is 12.1 Å². The van der Waals surface area contributed by atoms with Gasteiger partial charge < -0.3 is 19.3 Å². The molecule has 5 nitrogen and oxygen atoms in total. The van der Waals surface area contributed by atoms with E-state index in [1.807, 2.05) is 49.4 Å². The van der Waals surface area contributed by atoms with E-state index in [0.29, 0.717) is 11.5 Å². The van der Waals surface area contributed by atoms with Gasteiger partial charge in [-0.2, -0.15) is 0 Å². The third-order valence-electron chi connectivity index (χ3n) is 3.06. The van der Waals surface area contributed by atoms with Gasteiger partial charge in [0, 0.05) is 0 Å². The second-order valence-corrected chi connectivity index (χ2v) is 5.02. The van der Waals surface area contributed by atoms with Crippen LogP contribution in [0.25, 0.3) is 0 Å². The van der Waals surface area contributed by atoms with E-state index in [-0.39, 0.29) is 19.8 Å². The second-order valence-electron chi connectivity index (χ2n) is 5.02. The maximum atomic E-state index is 11.6. The minimum atomic E-state index is -0.893. The fourth-order valence-corrected chi connectivity index (χ4v) is 1.84. The Morgan fingerprint density at radius 2 is 1.70 bits per heavy atom. The highest BCUT2D eigenvalue weighted by atomic mass is 16.6. The van der Waals surface area contributed by atoms with Gasteiger partial charge in [0.15, 0.2) is 6.61 Å². The molecule has 0 fully saturated rings. The average Bonchev–Trinajstić information content (AvgIpc) is 2.58. The summed E-state index contributed by atoms with van der Waals surface area (Å²) in [5, 5.41) is 9.79. The molecule has 0 bridgehead atoms. The highest BCUT2D eigenvalue weighted by Crippen LogP contribution is 2.16. The van der Waals surface area contributed by atoms with Crippen molar-refractivity contribution in [2.45, 2.75) is 13.0 Å². The molecule has 1 atom stereocenters. The van der Waals surface area contributed by atoms with E-state index in [1.165, 1.54) is 0 Å². The Kier molecular flexibility index (Phi) is 6.44. The molecule has 0 aliphatic rings. The molecule has 2 aromatic rings. The van der Waals surface area contributed by atoms with Crippen LogP contribution in [-0.4, -0.2) is 37.0 Å². The van der Waals surface area contributed by atoms with Crippen LogP contribution in [0.4, 0.5) is 0 Å². The van der Waals surface area contributed by atoms with E-state index in [4.69, 9.17) is 14.2 Å². The van der Waals surface area contributed by atoms with Crippen LogP contribution in [0.2, 0.25) is 0 Å². The number of esters is 1. The lowest BCUT2D eigenvalue weighted by molar-refractivity contribution is -0.149. The molecule has 5 heteroatoms. The molecule has 1 N–H and O–H groups in total. The van der Waals surface area contributed by atoms with Gasteiger partial charge in [-0.3, -0.25) is 0 Å². The second kappa shape index (κ2) is 8.80. The topological polar surface area (TPSA) is 65.0 Å². The lowest BCUT2D eigenvalue weighted by atomic mass is 10.2. The van der Waals surface area contributed by atoms with Crippen molar-refractivity contribution in [3.8, 4) is 11.5 Å². The minimum absolute atomic E-state index is 0.0532. The Morgan fingerprint density at radius 3 is 2.43 bits per heavy atom. The van der Waals surface area contributed by atoms with Crippen molar-refractivity contribution in [2.75, 3.05) is 19.8 Å². The van der Waals surface area contributed by atoms with Crippen LogP contribution in [0, 0.1) is 6.92 Å². The molecular weight excluding hydrogens is 296 g/mol. The number of carbonyl (C=O) groups excluding carboxylic acids is 1. The molecule has 23 heavy (non-hydrogen) atoms. The van der Waals surface area contributed by atoms with Crippen molar-refractivity contribution < 1.29 is 24.1 Å². The number of benzene rings is 2. The van der Waals surface area contributed by atoms with Crippen LogP contribution in [-0.2, 0) is 9.53 Å². The normalized spacial score (nSPS) is 11.6. The minimum Gasteiger partial charge on any atom is -0.490 e. The Morgan fingerprint density at radius 1 is 1.00 bits per heavy atom. The van der Waals surface area contributed by atoms with Crippen LogP contribution in [0.5, 0.6) is 11.5 Å².